The molecule has 4 rings (SSSR count). The van der Waals surface area contributed by atoms with E-state index in [-0.39, 0.29) is 29.0 Å². The zero-order chi connectivity index (χ0) is 20.1. The van der Waals surface area contributed by atoms with E-state index >= 15 is 0 Å². The number of rotatable bonds is 2. The van der Waals surface area contributed by atoms with Crippen molar-refractivity contribution in [3.8, 4) is 0 Å². The van der Waals surface area contributed by atoms with E-state index in [0.717, 1.165) is 17.7 Å². The maximum atomic E-state index is 13.1. The lowest BCUT2D eigenvalue weighted by atomic mass is 10.1. The summed E-state index contributed by atoms with van der Waals surface area (Å²) in [4.78, 5) is 2.82. The summed E-state index contributed by atoms with van der Waals surface area (Å²) in [5.41, 5.74) is 13.4. The van der Waals surface area contributed by atoms with Gasteiger partial charge in [0.1, 0.15) is 0 Å². The molecule has 0 saturated heterocycles. The topological polar surface area (TPSA) is 97.4 Å². The molecule has 1 aromatic heterocycles. The Morgan fingerprint density at radius 3 is 1.93 bits per heavy atom. The fourth-order valence-electron chi connectivity index (χ4n) is 3.03. The minimum absolute atomic E-state index is 0.00373. The summed E-state index contributed by atoms with van der Waals surface area (Å²) in [6.07, 6.45) is -4.51. The summed E-state index contributed by atoms with van der Waals surface area (Å²) in [5.74, 6) is 0.442. The highest BCUT2D eigenvalue weighted by Crippen LogP contribution is 2.43. The van der Waals surface area contributed by atoms with E-state index in [2.05, 4.69) is 10.3 Å². The van der Waals surface area contributed by atoms with E-state index in [1.807, 2.05) is 25.1 Å². The molecule has 0 unspecified atom stereocenters. The zero-order valence-corrected chi connectivity index (χ0v) is 14.6. The quantitative estimate of drug-likeness (QED) is 0.690. The molecule has 0 radical (unpaired) electrons. The van der Waals surface area contributed by atoms with Crippen molar-refractivity contribution in [3.63, 3.8) is 0 Å². The van der Waals surface area contributed by atoms with E-state index in [4.69, 9.17) is 16.1 Å². The Kier molecular flexibility index (Phi) is 3.91. The van der Waals surface area contributed by atoms with Crippen LogP contribution in [-0.2, 0) is 6.18 Å². The van der Waals surface area contributed by atoms with Crippen molar-refractivity contribution in [2.45, 2.75) is 13.1 Å². The lowest BCUT2D eigenvalue weighted by Crippen LogP contribution is -2.39. The van der Waals surface area contributed by atoms with Crippen LogP contribution in [0.4, 0.5) is 36.2 Å². The molecule has 7 nitrogen and oxygen atoms in total. The molecular weight excluding hydrogens is 373 g/mol. The van der Waals surface area contributed by atoms with Gasteiger partial charge in [-0.1, -0.05) is 18.2 Å². The second-order valence-corrected chi connectivity index (χ2v) is 6.24. The smallest absolute Gasteiger partial charge is 0.382 e. The molecule has 144 valence electrons. The van der Waals surface area contributed by atoms with Crippen LogP contribution in [0, 0.1) is 6.92 Å². The monoisotopic (exact) mass is 388 g/mol. The summed E-state index contributed by atoms with van der Waals surface area (Å²) in [6.45, 7) is 1.91. The highest BCUT2D eigenvalue weighted by molar-refractivity contribution is 5.84. The molecule has 0 spiro atoms. The molecular formula is C18H15F3N6O. The Bertz CT molecular complexity index is 1070. The second kappa shape index (κ2) is 6.19. The van der Waals surface area contributed by atoms with Crippen LogP contribution in [0.3, 0.4) is 0 Å². The van der Waals surface area contributed by atoms with Crippen molar-refractivity contribution in [1.82, 2.24) is 10.3 Å². The number of alkyl halides is 3. The van der Waals surface area contributed by atoms with Gasteiger partial charge in [0.25, 0.3) is 0 Å². The Hall–Kier alpha value is -3.69. The number of nitrogens with zero attached hydrogens (tertiary/aromatic N) is 4. The van der Waals surface area contributed by atoms with Crippen LogP contribution in [0.5, 0.6) is 0 Å². The van der Waals surface area contributed by atoms with Gasteiger partial charge >= 0.3 is 6.18 Å². The molecule has 1 aliphatic rings. The van der Waals surface area contributed by atoms with Crippen molar-refractivity contribution < 1.29 is 17.8 Å². The predicted molar refractivity (Wildman–Crippen MR) is 96.6 cm³/mol. The first-order valence-corrected chi connectivity index (χ1v) is 8.19. The van der Waals surface area contributed by atoms with Gasteiger partial charge in [-0.05, 0) is 53.1 Å². The molecule has 0 saturated carbocycles. The summed E-state index contributed by atoms with van der Waals surface area (Å²) in [7, 11) is 0. The van der Waals surface area contributed by atoms with Gasteiger partial charge in [0.05, 0.1) is 5.56 Å². The first-order valence-electron chi connectivity index (χ1n) is 8.19. The molecule has 2 aromatic carbocycles. The number of aryl methyl sites for hydroxylation is 1. The maximum Gasteiger partial charge on any atom is 0.416 e. The first kappa shape index (κ1) is 17.7. The molecule has 0 bridgehead atoms. The van der Waals surface area contributed by atoms with E-state index in [1.165, 1.54) is 21.9 Å². The van der Waals surface area contributed by atoms with Crippen LogP contribution in [0.2, 0.25) is 0 Å². The standard InChI is InChI=1S/C18H15F3N6O/c1-10-4-2-6-12(8-10)26-14(22)15(23)27(17-16(26)24-28-25-17)13-7-3-5-11(9-13)18(19,20)21/h2-9H,22-23H2,1H3. The summed E-state index contributed by atoms with van der Waals surface area (Å²) in [5, 5.41) is 7.72. The molecule has 0 atom stereocenters. The molecule has 0 amide bonds. The summed E-state index contributed by atoms with van der Waals surface area (Å²) in [6, 6.07) is 12.1. The third kappa shape index (κ3) is 2.79. The number of hydrogen-bond donors (Lipinski definition) is 2. The van der Waals surface area contributed by atoms with Gasteiger partial charge in [0.2, 0.25) is 11.6 Å². The zero-order valence-electron chi connectivity index (χ0n) is 14.6. The van der Waals surface area contributed by atoms with E-state index in [0.29, 0.717) is 5.69 Å². The fraction of sp³-hybridized carbons (Fsp3) is 0.111. The third-order valence-electron chi connectivity index (χ3n) is 4.31. The van der Waals surface area contributed by atoms with Crippen LogP contribution in [-0.4, -0.2) is 10.3 Å². The van der Waals surface area contributed by atoms with Gasteiger partial charge in [-0.15, -0.1) is 0 Å². The third-order valence-corrected chi connectivity index (χ3v) is 4.31. The van der Waals surface area contributed by atoms with E-state index in [9.17, 15) is 13.2 Å². The van der Waals surface area contributed by atoms with Crippen molar-refractivity contribution in [3.05, 3.63) is 71.3 Å². The summed E-state index contributed by atoms with van der Waals surface area (Å²) < 4.78 is 44.2. The van der Waals surface area contributed by atoms with E-state index in [1.54, 1.807) is 6.07 Å². The largest absolute Gasteiger partial charge is 0.416 e. The first-order chi connectivity index (χ1) is 13.3. The normalized spacial score (nSPS) is 14.4. The van der Waals surface area contributed by atoms with Crippen molar-refractivity contribution >= 4 is 23.0 Å². The SMILES string of the molecule is Cc1cccc(N2C(N)=C(N)N(c3cccc(C(F)(F)F)c3)c3nonc32)c1. The lowest BCUT2D eigenvalue weighted by molar-refractivity contribution is -0.137. The Balaban J connectivity index is 1.87. The number of halogens is 3. The number of fused-ring (bicyclic) bond motifs is 1. The van der Waals surface area contributed by atoms with Crippen LogP contribution in [0.1, 0.15) is 11.1 Å². The molecule has 0 aliphatic carbocycles. The molecule has 0 fully saturated rings. The van der Waals surface area contributed by atoms with Crippen molar-refractivity contribution in [2.24, 2.45) is 11.5 Å². The fourth-order valence-corrected chi connectivity index (χ4v) is 3.03. The van der Waals surface area contributed by atoms with Gasteiger partial charge in [0.15, 0.2) is 11.6 Å². The Labute approximate surface area is 157 Å². The number of benzene rings is 2. The van der Waals surface area contributed by atoms with E-state index < -0.39 is 11.7 Å². The van der Waals surface area contributed by atoms with Crippen LogP contribution < -0.4 is 21.3 Å². The molecule has 28 heavy (non-hydrogen) atoms. The van der Waals surface area contributed by atoms with Crippen molar-refractivity contribution in [2.75, 3.05) is 9.80 Å². The Morgan fingerprint density at radius 2 is 1.39 bits per heavy atom. The molecule has 10 heteroatoms. The second-order valence-electron chi connectivity index (χ2n) is 6.24. The number of hydrogen-bond acceptors (Lipinski definition) is 7. The lowest BCUT2D eigenvalue weighted by Gasteiger charge is -2.34. The van der Waals surface area contributed by atoms with Gasteiger partial charge in [-0.25, -0.2) is 4.63 Å². The molecule has 2 heterocycles. The molecule has 1 aliphatic heterocycles. The number of anilines is 4. The number of nitrogens with two attached hydrogens (primary N) is 2. The maximum absolute atomic E-state index is 13.1. The minimum atomic E-state index is -4.51. The van der Waals surface area contributed by atoms with Gasteiger partial charge in [-0.3, -0.25) is 9.80 Å². The van der Waals surface area contributed by atoms with Crippen LogP contribution >= 0.6 is 0 Å². The van der Waals surface area contributed by atoms with Gasteiger partial charge in [-0.2, -0.15) is 13.2 Å². The Morgan fingerprint density at radius 1 is 0.857 bits per heavy atom. The molecule has 4 N–H and O–H groups in total. The average molecular weight is 388 g/mol. The van der Waals surface area contributed by atoms with Gasteiger partial charge < -0.3 is 11.5 Å². The molecule has 3 aromatic rings. The van der Waals surface area contributed by atoms with Crippen LogP contribution in [0.25, 0.3) is 0 Å². The van der Waals surface area contributed by atoms with Crippen molar-refractivity contribution in [1.29, 1.82) is 0 Å². The average Bonchev–Trinajstić information content (AvgIpc) is 3.11. The predicted octanol–water partition coefficient (Wildman–Crippen LogP) is 3.73. The highest BCUT2D eigenvalue weighted by atomic mass is 19.4. The summed E-state index contributed by atoms with van der Waals surface area (Å²) >= 11 is 0. The van der Waals surface area contributed by atoms with Gasteiger partial charge in [0, 0.05) is 11.4 Å². The number of aromatic nitrogens is 2. The highest BCUT2D eigenvalue weighted by Gasteiger charge is 2.36. The van der Waals surface area contributed by atoms with Crippen LogP contribution in [0.15, 0.2) is 64.8 Å². The minimum Gasteiger partial charge on any atom is -0.382 e.